The summed E-state index contributed by atoms with van der Waals surface area (Å²) in [5, 5.41) is 2.71. The van der Waals surface area contributed by atoms with Crippen LogP contribution < -0.4 is 5.32 Å². The van der Waals surface area contributed by atoms with E-state index < -0.39 is 0 Å². The van der Waals surface area contributed by atoms with E-state index in [0.29, 0.717) is 17.3 Å². The second-order valence-electron chi connectivity index (χ2n) is 3.50. The minimum Gasteiger partial charge on any atom is -0.307 e. The number of nitrogens with zero attached hydrogens (tertiary/aromatic N) is 1. The number of hydrogen-bond acceptors (Lipinski definition) is 2. The molecule has 0 fully saturated rings. The van der Waals surface area contributed by atoms with Gasteiger partial charge in [-0.15, -0.1) is 11.6 Å². The number of carbonyl (C=O) groups is 1. The molecule has 1 heterocycles. The second kappa shape index (κ2) is 5.46. The molecule has 0 radical (unpaired) electrons. The van der Waals surface area contributed by atoms with Crippen molar-refractivity contribution >= 4 is 23.3 Å². The number of benzene rings is 1. The lowest BCUT2D eigenvalue weighted by Crippen LogP contribution is -2.12. The molecule has 0 aliphatic heterocycles. The molecule has 1 amide bonds. The minimum atomic E-state index is -0.176. The molecule has 0 bridgehead atoms. The summed E-state index contributed by atoms with van der Waals surface area (Å²) >= 11 is 5.68. The van der Waals surface area contributed by atoms with Gasteiger partial charge in [-0.1, -0.05) is 18.2 Å². The van der Waals surface area contributed by atoms with Gasteiger partial charge in [-0.3, -0.25) is 4.79 Å². The highest BCUT2D eigenvalue weighted by molar-refractivity contribution is 6.17. The molecule has 1 aromatic carbocycles. The number of carbonyl (C=O) groups excluding carboxylic acids is 1. The Morgan fingerprint density at radius 1 is 1.18 bits per heavy atom. The zero-order valence-electron chi connectivity index (χ0n) is 9.06. The lowest BCUT2D eigenvalue weighted by molar-refractivity contribution is 0.102. The first kappa shape index (κ1) is 11.6. The van der Waals surface area contributed by atoms with Crippen LogP contribution in [0.1, 0.15) is 15.9 Å². The molecule has 0 saturated carbocycles. The lowest BCUT2D eigenvalue weighted by Gasteiger charge is -2.04. The van der Waals surface area contributed by atoms with E-state index in [1.807, 2.05) is 18.2 Å². The third-order valence-corrected chi connectivity index (χ3v) is 2.59. The Morgan fingerprint density at radius 2 is 1.94 bits per heavy atom. The predicted octanol–water partition coefficient (Wildman–Crippen LogP) is 3.07. The molecular weight excluding hydrogens is 236 g/mol. The van der Waals surface area contributed by atoms with Crippen LogP contribution in [0.3, 0.4) is 0 Å². The predicted molar refractivity (Wildman–Crippen MR) is 68.2 cm³/mol. The maximum absolute atomic E-state index is 11.8. The van der Waals surface area contributed by atoms with E-state index in [0.717, 1.165) is 5.56 Å². The summed E-state index contributed by atoms with van der Waals surface area (Å²) in [5.41, 5.74) is 1.57. The molecule has 0 atom stereocenters. The number of rotatable bonds is 3. The smallest absolute Gasteiger partial charge is 0.256 e. The van der Waals surface area contributed by atoms with Crippen molar-refractivity contribution < 1.29 is 4.79 Å². The summed E-state index contributed by atoms with van der Waals surface area (Å²) in [6, 6.07) is 12.5. The topological polar surface area (TPSA) is 42.0 Å². The molecule has 0 spiro atoms. The lowest BCUT2D eigenvalue weighted by atomic mass is 10.1. The van der Waals surface area contributed by atoms with Gasteiger partial charge in [0.05, 0.1) is 0 Å². The van der Waals surface area contributed by atoms with E-state index in [4.69, 9.17) is 11.6 Å². The summed E-state index contributed by atoms with van der Waals surface area (Å²) < 4.78 is 0. The van der Waals surface area contributed by atoms with E-state index in [9.17, 15) is 4.79 Å². The average molecular weight is 247 g/mol. The highest BCUT2D eigenvalue weighted by Crippen LogP contribution is 2.09. The van der Waals surface area contributed by atoms with Crippen molar-refractivity contribution in [3.05, 3.63) is 59.8 Å². The molecule has 86 valence electrons. The Hall–Kier alpha value is -1.87. The van der Waals surface area contributed by atoms with Gasteiger partial charge in [-0.2, -0.15) is 0 Å². The third kappa shape index (κ3) is 3.04. The number of anilines is 1. The Morgan fingerprint density at radius 3 is 2.53 bits per heavy atom. The minimum absolute atomic E-state index is 0.176. The van der Waals surface area contributed by atoms with Crippen molar-refractivity contribution in [1.29, 1.82) is 0 Å². The average Bonchev–Trinajstić information content (AvgIpc) is 2.40. The Labute approximate surface area is 104 Å². The second-order valence-corrected chi connectivity index (χ2v) is 3.77. The fourth-order valence-corrected chi connectivity index (χ4v) is 1.55. The molecule has 2 aromatic rings. The van der Waals surface area contributed by atoms with Gasteiger partial charge in [0.15, 0.2) is 0 Å². The van der Waals surface area contributed by atoms with E-state index in [1.54, 1.807) is 30.5 Å². The SMILES string of the molecule is O=C(Nc1ccccn1)c1ccc(CCl)cc1. The van der Waals surface area contributed by atoms with Crippen molar-refractivity contribution in [1.82, 2.24) is 4.98 Å². The number of pyridine rings is 1. The zero-order valence-corrected chi connectivity index (χ0v) is 9.82. The van der Waals surface area contributed by atoms with E-state index >= 15 is 0 Å². The first-order valence-corrected chi connectivity index (χ1v) is 5.70. The van der Waals surface area contributed by atoms with Crippen molar-refractivity contribution in [2.24, 2.45) is 0 Å². The van der Waals surface area contributed by atoms with Crippen LogP contribution in [0.5, 0.6) is 0 Å². The highest BCUT2D eigenvalue weighted by atomic mass is 35.5. The number of nitrogens with one attached hydrogen (secondary N) is 1. The molecule has 0 unspecified atom stereocenters. The molecule has 1 N–H and O–H groups in total. The van der Waals surface area contributed by atoms with Crippen LogP contribution in [0.2, 0.25) is 0 Å². The Balaban J connectivity index is 2.09. The van der Waals surface area contributed by atoms with Crippen molar-refractivity contribution in [3.63, 3.8) is 0 Å². The molecule has 0 saturated heterocycles. The number of amides is 1. The first-order chi connectivity index (χ1) is 8.29. The van der Waals surface area contributed by atoms with Gasteiger partial charge < -0.3 is 5.32 Å². The van der Waals surface area contributed by atoms with Crippen LogP contribution in [0, 0.1) is 0 Å². The van der Waals surface area contributed by atoms with Crippen molar-refractivity contribution in [3.8, 4) is 0 Å². The monoisotopic (exact) mass is 246 g/mol. The maximum Gasteiger partial charge on any atom is 0.256 e. The maximum atomic E-state index is 11.8. The summed E-state index contributed by atoms with van der Waals surface area (Å²) in [6.07, 6.45) is 1.63. The fourth-order valence-electron chi connectivity index (χ4n) is 1.37. The standard InChI is InChI=1S/C13H11ClN2O/c14-9-10-4-6-11(7-5-10)13(17)16-12-3-1-2-8-15-12/h1-8H,9H2,(H,15,16,17). The van der Waals surface area contributed by atoms with Gasteiger partial charge in [-0.05, 0) is 29.8 Å². The van der Waals surface area contributed by atoms with Gasteiger partial charge >= 0.3 is 0 Å². The third-order valence-electron chi connectivity index (χ3n) is 2.28. The molecule has 17 heavy (non-hydrogen) atoms. The van der Waals surface area contributed by atoms with Crippen molar-refractivity contribution in [2.75, 3.05) is 5.32 Å². The molecule has 3 nitrogen and oxygen atoms in total. The molecule has 0 aliphatic rings. The van der Waals surface area contributed by atoms with Gasteiger partial charge in [-0.25, -0.2) is 4.98 Å². The van der Waals surface area contributed by atoms with E-state index in [2.05, 4.69) is 10.3 Å². The Bertz CT molecular complexity index is 497. The highest BCUT2D eigenvalue weighted by Gasteiger charge is 2.05. The molecule has 2 rings (SSSR count). The largest absolute Gasteiger partial charge is 0.307 e. The molecule has 0 aliphatic carbocycles. The quantitative estimate of drug-likeness (QED) is 0.846. The molecule has 1 aromatic heterocycles. The van der Waals surface area contributed by atoms with Gasteiger partial charge in [0, 0.05) is 17.6 Å². The summed E-state index contributed by atoms with van der Waals surface area (Å²) in [7, 11) is 0. The number of aromatic nitrogens is 1. The van der Waals surface area contributed by atoms with Gasteiger partial charge in [0.25, 0.3) is 5.91 Å². The fraction of sp³-hybridized carbons (Fsp3) is 0.0769. The summed E-state index contributed by atoms with van der Waals surface area (Å²) in [4.78, 5) is 15.9. The van der Waals surface area contributed by atoms with Crippen LogP contribution in [0.15, 0.2) is 48.7 Å². The first-order valence-electron chi connectivity index (χ1n) is 5.17. The number of halogens is 1. The summed E-state index contributed by atoms with van der Waals surface area (Å²) in [5.74, 6) is 0.811. The van der Waals surface area contributed by atoms with Crippen LogP contribution in [0.25, 0.3) is 0 Å². The van der Waals surface area contributed by atoms with Gasteiger partial charge in [0.2, 0.25) is 0 Å². The van der Waals surface area contributed by atoms with Crippen LogP contribution in [-0.2, 0) is 5.88 Å². The molecular formula is C13H11ClN2O. The normalized spacial score (nSPS) is 9.94. The van der Waals surface area contributed by atoms with Crippen LogP contribution in [-0.4, -0.2) is 10.9 Å². The summed E-state index contributed by atoms with van der Waals surface area (Å²) in [6.45, 7) is 0. The number of alkyl halides is 1. The zero-order chi connectivity index (χ0) is 12.1. The van der Waals surface area contributed by atoms with Gasteiger partial charge in [0.1, 0.15) is 5.82 Å². The van der Waals surface area contributed by atoms with Crippen LogP contribution >= 0.6 is 11.6 Å². The van der Waals surface area contributed by atoms with Crippen LogP contribution in [0.4, 0.5) is 5.82 Å². The molecule has 4 heteroatoms. The van der Waals surface area contributed by atoms with E-state index in [1.165, 1.54) is 0 Å². The van der Waals surface area contributed by atoms with E-state index in [-0.39, 0.29) is 5.91 Å². The van der Waals surface area contributed by atoms with Crippen molar-refractivity contribution in [2.45, 2.75) is 5.88 Å². The number of hydrogen-bond donors (Lipinski definition) is 1. The Kier molecular flexibility index (Phi) is 3.73.